The third kappa shape index (κ3) is 14.8. The number of rotatable bonds is 12. The summed E-state index contributed by atoms with van der Waals surface area (Å²) in [5, 5.41) is 77.4. The standard InChI is InChI=1S/C53H76Cl2O17/c1-14-32-23-26(4)35(57)19-17-16-18-33(24-66-50-29(7)40(58)45(31(9)67-50)69-49(64)37-34(15-2)38(54)28(6)39(55)41(37)59)48(63)68-36(52(10,11)65)21-20-25(3)22-27(5)44(32)70-51-43(61)42(60)46(53(12,13)72-51)71-47(62)30(8)56/h16-18,20,22-23,29-32,35-36,40,42-46,50-51,56-61,65H,14-15,19,21,24H2,1-13H3/b17-16+,25-20+,26-23+,27-22+,33-18+. The van der Waals surface area contributed by atoms with E-state index in [0.29, 0.717) is 34.3 Å². The highest BCUT2D eigenvalue weighted by Crippen LogP contribution is 2.41. The average molecular weight is 1060 g/mol. The highest BCUT2D eigenvalue weighted by molar-refractivity contribution is 6.38. The van der Waals surface area contributed by atoms with E-state index in [1.807, 2.05) is 32.9 Å². The molecule has 0 bridgehead atoms. The molecule has 3 heterocycles. The molecule has 17 nitrogen and oxygen atoms in total. The van der Waals surface area contributed by atoms with Gasteiger partial charge in [-0.3, -0.25) is 0 Å². The molecule has 7 N–H and O–H groups in total. The number of hydrogen-bond acceptors (Lipinski definition) is 17. The lowest BCUT2D eigenvalue weighted by atomic mass is 9.88. The van der Waals surface area contributed by atoms with Crippen molar-refractivity contribution in [3.8, 4) is 5.75 Å². The van der Waals surface area contributed by atoms with Crippen molar-refractivity contribution < 1.29 is 83.3 Å². The van der Waals surface area contributed by atoms with Crippen LogP contribution in [0.15, 0.2) is 58.7 Å². The Hall–Kier alpha value is -3.69. The van der Waals surface area contributed by atoms with Crippen molar-refractivity contribution >= 4 is 41.1 Å². The second-order valence-corrected chi connectivity index (χ2v) is 20.9. The first-order valence-electron chi connectivity index (χ1n) is 24.4. The molecule has 0 radical (unpaired) electrons. The summed E-state index contributed by atoms with van der Waals surface area (Å²) in [5.74, 6) is -4.50. The van der Waals surface area contributed by atoms with E-state index in [1.165, 1.54) is 26.8 Å². The summed E-state index contributed by atoms with van der Waals surface area (Å²) in [4.78, 5) is 39.9. The Morgan fingerprint density at radius 2 is 1.60 bits per heavy atom. The van der Waals surface area contributed by atoms with Crippen molar-refractivity contribution in [3.05, 3.63) is 85.5 Å². The number of benzene rings is 1. The van der Waals surface area contributed by atoms with Crippen molar-refractivity contribution in [2.75, 3.05) is 6.61 Å². The number of hydrogen-bond donors (Lipinski definition) is 7. The molecule has 4 rings (SSSR count). The summed E-state index contributed by atoms with van der Waals surface area (Å²) < 4.78 is 42.0. The summed E-state index contributed by atoms with van der Waals surface area (Å²) >= 11 is 12.8. The van der Waals surface area contributed by atoms with E-state index in [0.717, 1.165) is 0 Å². The number of aliphatic hydroxyl groups excluding tert-OH is 5. The average Bonchev–Trinajstić information content (AvgIpc) is 3.30. The Morgan fingerprint density at radius 1 is 0.944 bits per heavy atom. The van der Waals surface area contributed by atoms with Gasteiger partial charge in [-0.05, 0) is 117 Å². The van der Waals surface area contributed by atoms with E-state index in [4.69, 9.17) is 56.4 Å². The third-order valence-corrected chi connectivity index (χ3v) is 14.4. The number of ether oxygens (including phenoxy) is 7. The van der Waals surface area contributed by atoms with E-state index < -0.39 is 120 Å². The number of aromatic hydroxyl groups is 1. The second kappa shape index (κ2) is 25.7. The molecule has 2 fully saturated rings. The first-order valence-corrected chi connectivity index (χ1v) is 25.2. The van der Waals surface area contributed by atoms with Gasteiger partial charge in [0.1, 0.15) is 47.4 Å². The molecule has 3 aliphatic heterocycles. The van der Waals surface area contributed by atoms with E-state index in [1.54, 1.807) is 66.7 Å². The summed E-state index contributed by atoms with van der Waals surface area (Å²) in [6.45, 7) is 20.8. The molecule has 0 aromatic heterocycles. The molecule has 1 aromatic rings. The lowest BCUT2D eigenvalue weighted by molar-refractivity contribution is -0.333. The summed E-state index contributed by atoms with van der Waals surface area (Å²) in [6, 6.07) is 0. The smallest absolute Gasteiger partial charge is 0.342 e. The number of aliphatic hydroxyl groups is 6. The predicted octanol–water partition coefficient (Wildman–Crippen LogP) is 6.57. The number of allylic oxidation sites excluding steroid dienone is 4. The largest absolute Gasteiger partial charge is 0.505 e. The topological polar surface area (TPSA) is 257 Å². The Morgan fingerprint density at radius 3 is 2.19 bits per heavy atom. The Labute approximate surface area is 433 Å². The number of phenols is 1. The number of carbonyl (C=O) groups is 3. The van der Waals surface area contributed by atoms with Gasteiger partial charge in [-0.1, -0.05) is 79.9 Å². The quantitative estimate of drug-likeness (QED) is 0.0663. The zero-order valence-electron chi connectivity index (χ0n) is 43.6. The minimum absolute atomic E-state index is 0.0147. The van der Waals surface area contributed by atoms with Crippen molar-refractivity contribution in [3.63, 3.8) is 0 Å². The van der Waals surface area contributed by atoms with Gasteiger partial charge in [0.15, 0.2) is 24.8 Å². The Bertz CT molecular complexity index is 2240. The van der Waals surface area contributed by atoms with Gasteiger partial charge in [0.25, 0.3) is 0 Å². The van der Waals surface area contributed by atoms with Crippen LogP contribution >= 0.6 is 23.2 Å². The monoisotopic (exact) mass is 1050 g/mol. The van der Waals surface area contributed by atoms with Crippen LogP contribution in [0.2, 0.25) is 10.0 Å². The molecule has 404 valence electrons. The lowest BCUT2D eigenvalue weighted by Gasteiger charge is -2.47. The Balaban J connectivity index is 1.61. The Kier molecular flexibility index (Phi) is 21.7. The zero-order chi connectivity index (χ0) is 54.3. The van der Waals surface area contributed by atoms with Gasteiger partial charge in [0, 0.05) is 23.3 Å². The fraction of sp³-hybridized carbons (Fsp3) is 0.642. The first kappa shape index (κ1) is 60.9. The number of carbonyl (C=O) groups excluding carboxylic acids is 3. The number of halogens is 2. The van der Waals surface area contributed by atoms with Gasteiger partial charge in [0.2, 0.25) is 0 Å². The maximum Gasteiger partial charge on any atom is 0.342 e. The summed E-state index contributed by atoms with van der Waals surface area (Å²) in [7, 11) is 0. The zero-order valence-corrected chi connectivity index (χ0v) is 45.1. The number of cyclic esters (lactones) is 1. The molecular formula is C53H76Cl2O17. The minimum atomic E-state index is -1.68. The lowest BCUT2D eigenvalue weighted by Crippen LogP contribution is -2.64. The van der Waals surface area contributed by atoms with Gasteiger partial charge >= 0.3 is 17.9 Å². The van der Waals surface area contributed by atoms with Crippen LogP contribution in [-0.4, -0.2) is 145 Å². The molecule has 19 heteroatoms. The highest BCUT2D eigenvalue weighted by Gasteiger charge is 2.53. The van der Waals surface area contributed by atoms with Crippen LogP contribution in [0.4, 0.5) is 0 Å². The molecule has 0 aliphatic carbocycles. The molecule has 0 spiro atoms. The maximum atomic E-state index is 14.1. The molecule has 14 atom stereocenters. The predicted molar refractivity (Wildman–Crippen MR) is 268 cm³/mol. The fourth-order valence-electron chi connectivity index (χ4n) is 8.80. The highest BCUT2D eigenvalue weighted by atomic mass is 35.5. The third-order valence-electron chi connectivity index (χ3n) is 13.4. The van der Waals surface area contributed by atoms with Crippen molar-refractivity contribution in [1.82, 2.24) is 0 Å². The van der Waals surface area contributed by atoms with Crippen LogP contribution in [0, 0.1) is 18.8 Å². The first-order chi connectivity index (χ1) is 33.5. The molecule has 0 saturated carbocycles. The van der Waals surface area contributed by atoms with Crippen LogP contribution in [0.25, 0.3) is 0 Å². The van der Waals surface area contributed by atoms with Gasteiger partial charge in [-0.15, -0.1) is 0 Å². The molecule has 3 aliphatic rings. The van der Waals surface area contributed by atoms with Crippen molar-refractivity contribution in [1.29, 1.82) is 0 Å². The van der Waals surface area contributed by atoms with Crippen molar-refractivity contribution in [2.45, 2.75) is 201 Å². The second-order valence-electron chi connectivity index (χ2n) is 20.2. The summed E-state index contributed by atoms with van der Waals surface area (Å²) in [6.07, 6.45) is -3.94. The molecule has 2 saturated heterocycles. The van der Waals surface area contributed by atoms with E-state index in [9.17, 15) is 50.1 Å². The number of phenolic OH excluding ortho intramolecular Hbond substituents is 1. The molecule has 14 unspecified atom stereocenters. The van der Waals surface area contributed by atoms with Crippen LogP contribution in [0.3, 0.4) is 0 Å². The molecular weight excluding hydrogens is 979 g/mol. The number of esters is 3. The minimum Gasteiger partial charge on any atom is -0.505 e. The van der Waals surface area contributed by atoms with E-state index >= 15 is 0 Å². The van der Waals surface area contributed by atoms with Crippen LogP contribution in [0.1, 0.15) is 124 Å². The molecule has 1 aromatic carbocycles. The van der Waals surface area contributed by atoms with Crippen LogP contribution in [0.5, 0.6) is 5.75 Å². The molecule has 72 heavy (non-hydrogen) atoms. The summed E-state index contributed by atoms with van der Waals surface area (Å²) in [5.41, 5.74) is -0.441. The van der Waals surface area contributed by atoms with Crippen LogP contribution < -0.4 is 0 Å². The fourth-order valence-corrected chi connectivity index (χ4v) is 9.36. The van der Waals surface area contributed by atoms with Gasteiger partial charge in [-0.2, -0.15) is 0 Å². The van der Waals surface area contributed by atoms with E-state index in [2.05, 4.69) is 0 Å². The SMILES string of the molecule is CCc1c(Cl)c(C)c(Cl)c(O)c1C(=O)OC1C(C)OC(OC/C2=C\C=C\CC(O)/C(C)=C/C(CC)C(OC3OC(C)(C)C(OC(=O)C(C)O)C(O)C3O)/C(C)=C/C(C)=C/CC(C(C)(C)O)OC2=O)C(C)C1O. The maximum absolute atomic E-state index is 14.1. The normalized spacial score (nSPS) is 35.0. The van der Waals surface area contributed by atoms with Gasteiger partial charge in [-0.25, -0.2) is 14.4 Å². The van der Waals surface area contributed by atoms with Gasteiger partial charge in [0.05, 0.1) is 41.1 Å². The van der Waals surface area contributed by atoms with Crippen LogP contribution in [-0.2, 0) is 49.2 Å². The van der Waals surface area contributed by atoms with Crippen molar-refractivity contribution in [2.24, 2.45) is 11.8 Å². The van der Waals surface area contributed by atoms with E-state index in [-0.39, 0.29) is 47.1 Å². The van der Waals surface area contributed by atoms with Gasteiger partial charge < -0.3 is 68.9 Å². The molecule has 0 amide bonds.